The van der Waals surface area contributed by atoms with Crippen LogP contribution in [-0.4, -0.2) is 38.0 Å². The van der Waals surface area contributed by atoms with Crippen molar-refractivity contribution in [2.24, 2.45) is 38.6 Å². The normalized spacial score (nSPS) is 42.5. The maximum Gasteiger partial charge on any atom is 0.264 e. The lowest BCUT2D eigenvalue weighted by molar-refractivity contribution is -0.0528. The van der Waals surface area contributed by atoms with Gasteiger partial charge in [0, 0.05) is 17.2 Å². The molecule has 3 fully saturated rings. The SMILES string of the molecule is C=C1CC[C@H]2[C@@]3(CN=[N+]=[N-])C[C@]3([C@@]3(C)Cc4cn[nH]c4C[C@@H]3COS(C)(=O)=O)CC[C@]12C. The molecule has 1 N–H and O–H groups in total. The van der Waals surface area contributed by atoms with Crippen molar-refractivity contribution in [3.05, 3.63) is 40.0 Å². The van der Waals surface area contributed by atoms with E-state index >= 15 is 0 Å². The first-order valence-electron chi connectivity index (χ1n) is 11.6. The van der Waals surface area contributed by atoms with Gasteiger partial charge in [-0.25, -0.2) is 0 Å². The van der Waals surface area contributed by atoms with Gasteiger partial charge < -0.3 is 0 Å². The average molecular weight is 460 g/mol. The highest BCUT2D eigenvalue weighted by Gasteiger charge is 2.81. The number of aromatic nitrogens is 2. The first kappa shape index (κ1) is 22.0. The molecule has 0 saturated heterocycles. The zero-order valence-electron chi connectivity index (χ0n) is 19.2. The van der Waals surface area contributed by atoms with Crippen LogP contribution >= 0.6 is 0 Å². The third-order valence-electron chi connectivity index (χ3n) is 10.2. The molecule has 0 bridgehead atoms. The summed E-state index contributed by atoms with van der Waals surface area (Å²) in [4.78, 5) is 3.16. The molecular weight excluding hydrogens is 426 g/mol. The Labute approximate surface area is 189 Å². The molecule has 32 heavy (non-hydrogen) atoms. The van der Waals surface area contributed by atoms with Crippen LogP contribution in [-0.2, 0) is 27.1 Å². The summed E-state index contributed by atoms with van der Waals surface area (Å²) in [5.41, 5.74) is 12.7. The molecule has 9 heteroatoms. The minimum atomic E-state index is -3.54. The van der Waals surface area contributed by atoms with Crippen LogP contribution in [0.15, 0.2) is 23.5 Å². The largest absolute Gasteiger partial charge is 0.282 e. The third-order valence-corrected chi connectivity index (χ3v) is 10.8. The Morgan fingerprint density at radius 3 is 2.91 bits per heavy atom. The fraction of sp³-hybridized carbons (Fsp3) is 0.783. The van der Waals surface area contributed by atoms with Gasteiger partial charge >= 0.3 is 0 Å². The zero-order chi connectivity index (χ0) is 23.0. The first-order chi connectivity index (χ1) is 15.0. The van der Waals surface area contributed by atoms with Gasteiger partial charge in [-0.1, -0.05) is 31.1 Å². The van der Waals surface area contributed by atoms with Crippen LogP contribution < -0.4 is 0 Å². The van der Waals surface area contributed by atoms with Gasteiger partial charge in [0.1, 0.15) is 0 Å². The number of fused-ring (bicyclic) bond motifs is 4. The highest BCUT2D eigenvalue weighted by molar-refractivity contribution is 7.85. The molecule has 1 aromatic heterocycles. The van der Waals surface area contributed by atoms with Crippen molar-refractivity contribution < 1.29 is 12.6 Å². The van der Waals surface area contributed by atoms with E-state index in [2.05, 4.69) is 40.6 Å². The molecule has 6 atom stereocenters. The van der Waals surface area contributed by atoms with Crippen molar-refractivity contribution in [2.75, 3.05) is 19.4 Å². The summed E-state index contributed by atoms with van der Waals surface area (Å²) in [5.74, 6) is 0.480. The summed E-state index contributed by atoms with van der Waals surface area (Å²) in [5, 5.41) is 11.5. The highest BCUT2D eigenvalue weighted by atomic mass is 32.2. The smallest absolute Gasteiger partial charge is 0.264 e. The molecule has 0 unspecified atom stereocenters. The van der Waals surface area contributed by atoms with E-state index in [1.54, 1.807) is 0 Å². The van der Waals surface area contributed by atoms with Gasteiger partial charge in [0.2, 0.25) is 0 Å². The molecule has 3 saturated carbocycles. The van der Waals surface area contributed by atoms with Gasteiger partial charge in [0.15, 0.2) is 0 Å². The van der Waals surface area contributed by atoms with E-state index in [0.717, 1.165) is 56.9 Å². The molecule has 4 aliphatic rings. The van der Waals surface area contributed by atoms with E-state index in [9.17, 15) is 13.9 Å². The molecule has 5 rings (SSSR count). The van der Waals surface area contributed by atoms with Crippen molar-refractivity contribution in [1.82, 2.24) is 10.2 Å². The number of aromatic amines is 1. The summed E-state index contributed by atoms with van der Waals surface area (Å²) in [6.45, 7) is 9.77. The highest BCUT2D eigenvalue weighted by Crippen LogP contribution is 2.86. The van der Waals surface area contributed by atoms with Crippen molar-refractivity contribution in [3.8, 4) is 0 Å². The predicted octanol–water partition coefficient (Wildman–Crippen LogP) is 4.56. The minimum Gasteiger partial charge on any atom is -0.282 e. The number of nitrogens with zero attached hydrogens (tertiary/aromatic N) is 4. The molecule has 0 aromatic carbocycles. The Morgan fingerprint density at radius 1 is 1.41 bits per heavy atom. The van der Waals surface area contributed by atoms with Crippen molar-refractivity contribution >= 4 is 10.1 Å². The number of allylic oxidation sites excluding steroid dienone is 1. The minimum absolute atomic E-state index is 0.0104. The summed E-state index contributed by atoms with van der Waals surface area (Å²) in [6, 6.07) is 0. The number of hydrogen-bond donors (Lipinski definition) is 1. The molecule has 1 heterocycles. The molecule has 0 amide bonds. The van der Waals surface area contributed by atoms with Crippen LogP contribution in [0.25, 0.3) is 10.4 Å². The van der Waals surface area contributed by atoms with Crippen molar-refractivity contribution in [3.63, 3.8) is 0 Å². The van der Waals surface area contributed by atoms with Gasteiger partial charge in [-0.2, -0.15) is 13.5 Å². The summed E-state index contributed by atoms with van der Waals surface area (Å²) in [7, 11) is -3.54. The topological polar surface area (TPSA) is 121 Å². The average Bonchev–Trinajstić information content (AvgIpc) is 3.04. The Morgan fingerprint density at radius 2 is 2.19 bits per heavy atom. The molecule has 8 nitrogen and oxygen atoms in total. The Balaban J connectivity index is 1.59. The maximum atomic E-state index is 11.9. The van der Waals surface area contributed by atoms with Crippen LogP contribution in [0.3, 0.4) is 0 Å². The molecule has 4 aliphatic carbocycles. The second kappa shape index (κ2) is 6.84. The van der Waals surface area contributed by atoms with Crippen LogP contribution in [0.1, 0.15) is 57.2 Å². The van der Waals surface area contributed by atoms with Crippen LogP contribution in [0.5, 0.6) is 0 Å². The number of H-pyrrole nitrogens is 1. The van der Waals surface area contributed by atoms with Gasteiger partial charge in [-0.15, -0.1) is 0 Å². The third kappa shape index (κ3) is 2.80. The van der Waals surface area contributed by atoms with E-state index in [0.29, 0.717) is 12.5 Å². The maximum absolute atomic E-state index is 11.9. The van der Waals surface area contributed by atoms with Gasteiger partial charge in [-0.3, -0.25) is 9.28 Å². The summed E-state index contributed by atoms with van der Waals surface area (Å²) < 4.78 is 29.1. The van der Waals surface area contributed by atoms with Crippen molar-refractivity contribution in [1.29, 1.82) is 0 Å². The molecule has 0 radical (unpaired) electrons. The summed E-state index contributed by atoms with van der Waals surface area (Å²) in [6.07, 6.45) is 9.86. The molecular formula is C23H33N5O3S. The predicted molar refractivity (Wildman–Crippen MR) is 121 cm³/mol. The fourth-order valence-corrected chi connectivity index (χ4v) is 8.80. The number of nitrogens with one attached hydrogen (secondary N) is 1. The molecule has 0 spiro atoms. The van der Waals surface area contributed by atoms with E-state index in [-0.39, 0.29) is 34.2 Å². The second-order valence-corrected chi connectivity index (χ2v) is 12.9. The number of hydrogen-bond acceptors (Lipinski definition) is 5. The lowest BCUT2D eigenvalue weighted by Crippen LogP contribution is -2.52. The molecule has 174 valence electrons. The van der Waals surface area contributed by atoms with E-state index < -0.39 is 10.1 Å². The Bertz CT molecular complexity index is 1120. The Kier molecular flexibility index (Phi) is 4.70. The lowest BCUT2D eigenvalue weighted by Gasteiger charge is -2.55. The van der Waals surface area contributed by atoms with E-state index in [4.69, 9.17) is 4.18 Å². The van der Waals surface area contributed by atoms with Gasteiger partial charge in [0.25, 0.3) is 10.1 Å². The monoisotopic (exact) mass is 459 g/mol. The molecule has 0 aliphatic heterocycles. The quantitative estimate of drug-likeness (QED) is 0.220. The van der Waals surface area contributed by atoms with Gasteiger partial charge in [-0.05, 0) is 89.5 Å². The van der Waals surface area contributed by atoms with Crippen LogP contribution in [0.2, 0.25) is 0 Å². The number of azide groups is 1. The van der Waals surface area contributed by atoms with E-state index in [1.807, 2.05) is 6.20 Å². The summed E-state index contributed by atoms with van der Waals surface area (Å²) >= 11 is 0. The fourth-order valence-electron chi connectivity index (χ4n) is 8.39. The Hall–Kier alpha value is -1.83. The first-order valence-corrected chi connectivity index (χ1v) is 13.4. The van der Waals surface area contributed by atoms with Crippen LogP contribution in [0, 0.1) is 33.5 Å². The van der Waals surface area contributed by atoms with Crippen molar-refractivity contribution in [2.45, 2.75) is 58.8 Å². The van der Waals surface area contributed by atoms with E-state index in [1.165, 1.54) is 11.1 Å². The van der Waals surface area contributed by atoms with Gasteiger partial charge in [0.05, 0.1) is 19.1 Å². The van der Waals surface area contributed by atoms with Crippen LogP contribution in [0.4, 0.5) is 0 Å². The standard InChI is InChI=1S/C23H33N5O3S/c1-15-5-6-19-20(15,2)7-8-23(13-22(19,23)14-26-28-24)21(3)10-16-11-25-27-18(16)9-17(21)12-31-32(4,29)30/h11,17,19H,1,5-10,12-14H2,2-4H3,(H,25,27)/t17-,19-,20-,21+,22+,23+/m1/s1. The lowest BCUT2D eigenvalue weighted by atomic mass is 9.49. The second-order valence-electron chi connectivity index (χ2n) is 11.3. The molecule has 1 aromatic rings. The zero-order valence-corrected chi connectivity index (χ0v) is 20.0. The number of rotatable bonds is 6.